The Balaban J connectivity index is 1.54. The molecule has 1 aromatic heterocycles. The van der Waals surface area contributed by atoms with Crippen molar-refractivity contribution in [1.29, 1.82) is 0 Å². The van der Waals surface area contributed by atoms with Crippen LogP contribution in [-0.4, -0.2) is 29.7 Å². The SMILES string of the molecule is Cc1ccoc1CNc1cccc(CN2CCC(CO)CC2)c1. The summed E-state index contributed by atoms with van der Waals surface area (Å²) in [5.74, 6) is 1.48. The van der Waals surface area contributed by atoms with Crippen LogP contribution in [0.4, 0.5) is 5.69 Å². The maximum absolute atomic E-state index is 9.23. The number of aliphatic hydroxyl groups excluding tert-OH is 1. The number of benzene rings is 1. The first-order valence-corrected chi connectivity index (χ1v) is 8.43. The third-order valence-electron chi connectivity index (χ3n) is 4.72. The highest BCUT2D eigenvalue weighted by Gasteiger charge is 2.18. The number of furan rings is 1. The molecule has 0 unspecified atom stereocenters. The van der Waals surface area contributed by atoms with Gasteiger partial charge in [-0.25, -0.2) is 0 Å². The van der Waals surface area contributed by atoms with Crippen LogP contribution in [0.15, 0.2) is 41.0 Å². The molecule has 0 atom stereocenters. The van der Waals surface area contributed by atoms with Gasteiger partial charge < -0.3 is 14.8 Å². The van der Waals surface area contributed by atoms with Crippen molar-refractivity contribution in [1.82, 2.24) is 4.90 Å². The lowest BCUT2D eigenvalue weighted by Crippen LogP contribution is -2.34. The van der Waals surface area contributed by atoms with Gasteiger partial charge in [-0.2, -0.15) is 0 Å². The summed E-state index contributed by atoms with van der Waals surface area (Å²) in [7, 11) is 0. The summed E-state index contributed by atoms with van der Waals surface area (Å²) in [5.41, 5.74) is 3.64. The molecular formula is C19H26N2O2. The van der Waals surface area contributed by atoms with E-state index < -0.39 is 0 Å². The molecule has 1 saturated heterocycles. The molecule has 3 rings (SSSR count). The molecule has 1 aliphatic rings. The average molecular weight is 314 g/mol. The third-order valence-corrected chi connectivity index (χ3v) is 4.72. The van der Waals surface area contributed by atoms with Crippen LogP contribution >= 0.6 is 0 Å². The first-order valence-electron chi connectivity index (χ1n) is 8.43. The molecule has 1 fully saturated rings. The van der Waals surface area contributed by atoms with E-state index in [-0.39, 0.29) is 0 Å². The van der Waals surface area contributed by atoms with Gasteiger partial charge in [0.25, 0.3) is 0 Å². The highest BCUT2D eigenvalue weighted by molar-refractivity contribution is 5.46. The number of hydrogen-bond acceptors (Lipinski definition) is 4. The first-order chi connectivity index (χ1) is 11.2. The molecule has 23 heavy (non-hydrogen) atoms. The summed E-state index contributed by atoms with van der Waals surface area (Å²) < 4.78 is 5.47. The van der Waals surface area contributed by atoms with Gasteiger partial charge in [0.15, 0.2) is 0 Å². The fraction of sp³-hybridized carbons (Fsp3) is 0.474. The van der Waals surface area contributed by atoms with Crippen molar-refractivity contribution in [2.75, 3.05) is 25.0 Å². The van der Waals surface area contributed by atoms with Crippen molar-refractivity contribution in [3.63, 3.8) is 0 Å². The van der Waals surface area contributed by atoms with E-state index in [4.69, 9.17) is 4.42 Å². The standard InChI is InChI=1S/C19H26N2O2/c1-15-7-10-23-19(15)12-20-18-4-2-3-17(11-18)13-21-8-5-16(14-22)6-9-21/h2-4,7,10-11,16,20,22H,5-6,8-9,12-14H2,1H3. The Bertz CT molecular complexity index is 615. The summed E-state index contributed by atoms with van der Waals surface area (Å²) in [5, 5.41) is 12.7. The number of rotatable bonds is 6. The molecule has 2 heterocycles. The number of aryl methyl sites for hydroxylation is 1. The van der Waals surface area contributed by atoms with E-state index in [0.29, 0.717) is 19.1 Å². The third kappa shape index (κ3) is 4.36. The monoisotopic (exact) mass is 314 g/mol. The van der Waals surface area contributed by atoms with Crippen molar-refractivity contribution in [2.24, 2.45) is 5.92 Å². The fourth-order valence-electron chi connectivity index (χ4n) is 3.13. The second-order valence-corrected chi connectivity index (χ2v) is 6.48. The molecule has 2 N–H and O–H groups in total. The van der Waals surface area contributed by atoms with Crippen LogP contribution < -0.4 is 5.32 Å². The van der Waals surface area contributed by atoms with Crippen molar-refractivity contribution >= 4 is 5.69 Å². The Hall–Kier alpha value is -1.78. The van der Waals surface area contributed by atoms with E-state index in [1.54, 1.807) is 6.26 Å². The molecule has 2 aromatic rings. The fourth-order valence-corrected chi connectivity index (χ4v) is 3.13. The van der Waals surface area contributed by atoms with Gasteiger partial charge in [-0.05, 0) is 68.1 Å². The smallest absolute Gasteiger partial charge is 0.125 e. The van der Waals surface area contributed by atoms with Gasteiger partial charge in [0.2, 0.25) is 0 Å². The summed E-state index contributed by atoms with van der Waals surface area (Å²) in [4.78, 5) is 2.47. The van der Waals surface area contributed by atoms with E-state index in [1.165, 1.54) is 11.1 Å². The molecule has 1 aromatic carbocycles. The van der Waals surface area contributed by atoms with Gasteiger partial charge in [0, 0.05) is 18.8 Å². The number of hydrogen-bond donors (Lipinski definition) is 2. The van der Waals surface area contributed by atoms with Crippen LogP contribution in [0.2, 0.25) is 0 Å². The van der Waals surface area contributed by atoms with Crippen LogP contribution in [-0.2, 0) is 13.1 Å². The predicted octanol–water partition coefficient (Wildman–Crippen LogP) is 3.40. The Kier molecular flexibility index (Phi) is 5.36. The van der Waals surface area contributed by atoms with Crippen LogP contribution in [0.5, 0.6) is 0 Å². The van der Waals surface area contributed by atoms with Gasteiger partial charge in [-0.1, -0.05) is 12.1 Å². The Morgan fingerprint density at radius 2 is 2.09 bits per heavy atom. The molecule has 0 amide bonds. The second kappa shape index (κ2) is 7.66. The number of piperidine rings is 1. The highest BCUT2D eigenvalue weighted by Crippen LogP contribution is 2.20. The lowest BCUT2D eigenvalue weighted by atomic mass is 9.97. The van der Waals surface area contributed by atoms with E-state index in [0.717, 1.165) is 43.9 Å². The summed E-state index contributed by atoms with van der Waals surface area (Å²) in [6.45, 7) is 6.24. The molecule has 0 saturated carbocycles. The zero-order valence-electron chi connectivity index (χ0n) is 13.8. The number of aliphatic hydroxyl groups is 1. The minimum Gasteiger partial charge on any atom is -0.467 e. The molecule has 0 radical (unpaired) electrons. The van der Waals surface area contributed by atoms with Gasteiger partial charge in [-0.3, -0.25) is 4.90 Å². The van der Waals surface area contributed by atoms with Gasteiger partial charge in [0.05, 0.1) is 12.8 Å². The molecule has 0 aliphatic carbocycles. The maximum Gasteiger partial charge on any atom is 0.125 e. The van der Waals surface area contributed by atoms with E-state index >= 15 is 0 Å². The second-order valence-electron chi connectivity index (χ2n) is 6.48. The van der Waals surface area contributed by atoms with Crippen molar-refractivity contribution < 1.29 is 9.52 Å². The van der Waals surface area contributed by atoms with Crippen LogP contribution in [0.1, 0.15) is 29.7 Å². The van der Waals surface area contributed by atoms with Gasteiger partial charge >= 0.3 is 0 Å². The van der Waals surface area contributed by atoms with Crippen molar-refractivity contribution in [2.45, 2.75) is 32.9 Å². The zero-order valence-corrected chi connectivity index (χ0v) is 13.8. The molecule has 124 valence electrons. The van der Waals surface area contributed by atoms with Gasteiger partial charge in [-0.15, -0.1) is 0 Å². The lowest BCUT2D eigenvalue weighted by Gasteiger charge is -2.31. The largest absolute Gasteiger partial charge is 0.467 e. The van der Waals surface area contributed by atoms with Gasteiger partial charge in [0.1, 0.15) is 5.76 Å². The predicted molar refractivity (Wildman–Crippen MR) is 92.3 cm³/mol. The average Bonchev–Trinajstić information content (AvgIpc) is 2.99. The van der Waals surface area contributed by atoms with Crippen LogP contribution in [0.3, 0.4) is 0 Å². The van der Waals surface area contributed by atoms with Crippen LogP contribution in [0, 0.1) is 12.8 Å². The number of nitrogens with zero attached hydrogens (tertiary/aromatic N) is 1. The summed E-state index contributed by atoms with van der Waals surface area (Å²) in [6, 6.07) is 10.6. The summed E-state index contributed by atoms with van der Waals surface area (Å²) in [6.07, 6.45) is 3.94. The Labute approximate surface area is 138 Å². The van der Waals surface area contributed by atoms with E-state index in [1.807, 2.05) is 6.07 Å². The highest BCUT2D eigenvalue weighted by atomic mass is 16.3. The Morgan fingerprint density at radius 3 is 2.78 bits per heavy atom. The minimum atomic E-state index is 0.333. The lowest BCUT2D eigenvalue weighted by molar-refractivity contribution is 0.127. The van der Waals surface area contributed by atoms with E-state index in [9.17, 15) is 5.11 Å². The molecular weight excluding hydrogens is 288 g/mol. The van der Waals surface area contributed by atoms with E-state index in [2.05, 4.69) is 41.4 Å². The number of anilines is 1. The Morgan fingerprint density at radius 1 is 1.26 bits per heavy atom. The normalized spacial score (nSPS) is 16.6. The molecule has 4 nitrogen and oxygen atoms in total. The number of nitrogens with one attached hydrogen (secondary N) is 1. The number of likely N-dealkylation sites (tertiary alicyclic amines) is 1. The zero-order chi connectivity index (χ0) is 16.1. The van der Waals surface area contributed by atoms with Crippen LogP contribution in [0.25, 0.3) is 0 Å². The minimum absolute atomic E-state index is 0.333. The van der Waals surface area contributed by atoms with Crippen molar-refractivity contribution in [3.05, 3.63) is 53.5 Å². The summed E-state index contributed by atoms with van der Waals surface area (Å²) >= 11 is 0. The topological polar surface area (TPSA) is 48.6 Å². The molecule has 0 spiro atoms. The molecule has 0 bridgehead atoms. The molecule has 1 aliphatic heterocycles. The molecule has 4 heteroatoms. The first kappa shape index (κ1) is 16.1. The quantitative estimate of drug-likeness (QED) is 0.858. The van der Waals surface area contributed by atoms with Crippen molar-refractivity contribution in [3.8, 4) is 0 Å². The maximum atomic E-state index is 9.23.